The number of ketones is 1. The first-order chi connectivity index (χ1) is 10.7. The van der Waals surface area contributed by atoms with E-state index in [0.29, 0.717) is 23.4 Å². The Morgan fingerprint density at radius 2 is 1.64 bits per heavy atom. The fourth-order valence-electron chi connectivity index (χ4n) is 2.47. The average molecular weight is 295 g/mol. The molecule has 1 N–H and O–H groups in total. The molecule has 1 unspecified atom stereocenters. The van der Waals surface area contributed by atoms with Crippen molar-refractivity contribution in [3.8, 4) is 0 Å². The highest BCUT2D eigenvalue weighted by molar-refractivity contribution is 6.09. The van der Waals surface area contributed by atoms with Gasteiger partial charge in [-0.25, -0.2) is 0 Å². The van der Waals surface area contributed by atoms with Gasteiger partial charge in [0.1, 0.15) is 6.10 Å². The Morgan fingerprint density at radius 1 is 0.955 bits per heavy atom. The second kappa shape index (κ2) is 6.54. The SMILES string of the molecule is O=C(c1ccccc1)c1ccc(NC(=O)C2CCCO2)cc1. The van der Waals surface area contributed by atoms with Crippen molar-refractivity contribution in [2.75, 3.05) is 11.9 Å². The number of hydrogen-bond acceptors (Lipinski definition) is 3. The van der Waals surface area contributed by atoms with Gasteiger partial charge in [0.15, 0.2) is 5.78 Å². The first kappa shape index (κ1) is 14.5. The molecule has 1 saturated heterocycles. The smallest absolute Gasteiger partial charge is 0.253 e. The van der Waals surface area contributed by atoms with Crippen LogP contribution in [0.15, 0.2) is 54.6 Å². The van der Waals surface area contributed by atoms with Crippen molar-refractivity contribution in [3.63, 3.8) is 0 Å². The van der Waals surface area contributed by atoms with Crippen molar-refractivity contribution >= 4 is 17.4 Å². The van der Waals surface area contributed by atoms with Gasteiger partial charge in [-0.15, -0.1) is 0 Å². The first-order valence-corrected chi connectivity index (χ1v) is 7.36. The lowest BCUT2D eigenvalue weighted by Crippen LogP contribution is -2.26. The number of hydrogen-bond donors (Lipinski definition) is 1. The maximum absolute atomic E-state index is 12.3. The summed E-state index contributed by atoms with van der Waals surface area (Å²) in [6.45, 7) is 0.641. The molecule has 112 valence electrons. The van der Waals surface area contributed by atoms with Crippen LogP contribution < -0.4 is 5.32 Å². The summed E-state index contributed by atoms with van der Waals surface area (Å²) in [7, 11) is 0. The summed E-state index contributed by atoms with van der Waals surface area (Å²) in [6, 6.07) is 16.0. The van der Waals surface area contributed by atoms with Crippen molar-refractivity contribution in [1.29, 1.82) is 0 Å². The molecule has 1 aliphatic rings. The number of nitrogens with one attached hydrogen (secondary N) is 1. The molecule has 4 nitrogen and oxygen atoms in total. The van der Waals surface area contributed by atoms with Gasteiger partial charge in [0.05, 0.1) is 0 Å². The van der Waals surface area contributed by atoms with Gasteiger partial charge in [0, 0.05) is 23.4 Å². The first-order valence-electron chi connectivity index (χ1n) is 7.36. The van der Waals surface area contributed by atoms with E-state index in [1.54, 1.807) is 36.4 Å². The van der Waals surface area contributed by atoms with Crippen LogP contribution in [0.3, 0.4) is 0 Å². The molecule has 1 amide bonds. The number of amides is 1. The molecule has 0 aromatic heterocycles. The van der Waals surface area contributed by atoms with Gasteiger partial charge in [-0.3, -0.25) is 9.59 Å². The van der Waals surface area contributed by atoms with Crippen LogP contribution in [0.5, 0.6) is 0 Å². The third kappa shape index (κ3) is 3.23. The van der Waals surface area contributed by atoms with E-state index in [-0.39, 0.29) is 17.8 Å². The fraction of sp³-hybridized carbons (Fsp3) is 0.222. The standard InChI is InChI=1S/C18H17NO3/c20-17(13-5-2-1-3-6-13)14-8-10-15(11-9-14)19-18(21)16-7-4-12-22-16/h1-3,5-6,8-11,16H,4,7,12H2,(H,19,21). The van der Waals surface area contributed by atoms with Gasteiger partial charge in [-0.1, -0.05) is 30.3 Å². The summed E-state index contributed by atoms with van der Waals surface area (Å²) in [5.41, 5.74) is 1.92. The number of carbonyl (C=O) groups is 2. The molecule has 2 aromatic carbocycles. The van der Waals surface area contributed by atoms with E-state index in [2.05, 4.69) is 5.32 Å². The van der Waals surface area contributed by atoms with Crippen molar-refractivity contribution in [1.82, 2.24) is 0 Å². The third-order valence-corrected chi connectivity index (χ3v) is 3.67. The maximum atomic E-state index is 12.3. The Balaban J connectivity index is 1.67. The Bertz CT molecular complexity index is 658. The highest BCUT2D eigenvalue weighted by atomic mass is 16.5. The molecule has 1 fully saturated rings. The lowest BCUT2D eigenvalue weighted by molar-refractivity contribution is -0.124. The van der Waals surface area contributed by atoms with Crippen molar-refractivity contribution in [2.24, 2.45) is 0 Å². The van der Waals surface area contributed by atoms with E-state index < -0.39 is 0 Å². The molecule has 1 aliphatic heterocycles. The van der Waals surface area contributed by atoms with Gasteiger partial charge in [-0.05, 0) is 37.1 Å². The van der Waals surface area contributed by atoms with Crippen LogP contribution in [0.1, 0.15) is 28.8 Å². The molecule has 0 bridgehead atoms. The largest absolute Gasteiger partial charge is 0.368 e. The molecular weight excluding hydrogens is 278 g/mol. The minimum atomic E-state index is -0.356. The number of ether oxygens (including phenoxy) is 1. The number of rotatable bonds is 4. The third-order valence-electron chi connectivity index (χ3n) is 3.67. The fourth-order valence-corrected chi connectivity index (χ4v) is 2.47. The highest BCUT2D eigenvalue weighted by Gasteiger charge is 2.23. The molecule has 2 aromatic rings. The van der Waals surface area contributed by atoms with Crippen LogP contribution in [-0.4, -0.2) is 24.4 Å². The van der Waals surface area contributed by atoms with Gasteiger partial charge < -0.3 is 10.1 Å². The minimum absolute atomic E-state index is 0.0300. The number of anilines is 1. The lowest BCUT2D eigenvalue weighted by atomic mass is 10.0. The van der Waals surface area contributed by atoms with E-state index in [1.807, 2.05) is 18.2 Å². The summed E-state index contributed by atoms with van der Waals surface area (Å²) >= 11 is 0. The van der Waals surface area contributed by atoms with E-state index in [4.69, 9.17) is 4.74 Å². The van der Waals surface area contributed by atoms with Crippen LogP contribution in [0.25, 0.3) is 0 Å². The second-order valence-electron chi connectivity index (χ2n) is 5.26. The molecule has 1 atom stereocenters. The Hall–Kier alpha value is -2.46. The van der Waals surface area contributed by atoms with E-state index in [1.165, 1.54) is 0 Å². The summed E-state index contributed by atoms with van der Waals surface area (Å²) in [4.78, 5) is 24.2. The molecule has 0 radical (unpaired) electrons. The van der Waals surface area contributed by atoms with Gasteiger partial charge in [0.25, 0.3) is 5.91 Å². The predicted octanol–water partition coefficient (Wildman–Crippen LogP) is 3.04. The van der Waals surface area contributed by atoms with E-state index >= 15 is 0 Å². The zero-order valence-corrected chi connectivity index (χ0v) is 12.1. The summed E-state index contributed by atoms with van der Waals surface area (Å²) in [5.74, 6) is -0.155. The molecule has 0 spiro atoms. The molecule has 0 saturated carbocycles. The van der Waals surface area contributed by atoms with Gasteiger partial charge >= 0.3 is 0 Å². The second-order valence-corrected chi connectivity index (χ2v) is 5.26. The van der Waals surface area contributed by atoms with Crippen LogP contribution >= 0.6 is 0 Å². The molecule has 4 heteroatoms. The Labute approximate surface area is 129 Å². The molecular formula is C18H17NO3. The van der Waals surface area contributed by atoms with E-state index in [9.17, 15) is 9.59 Å². The minimum Gasteiger partial charge on any atom is -0.368 e. The zero-order chi connectivity index (χ0) is 15.4. The van der Waals surface area contributed by atoms with Crippen molar-refractivity contribution < 1.29 is 14.3 Å². The number of benzene rings is 2. The molecule has 1 heterocycles. The van der Waals surface area contributed by atoms with Crippen molar-refractivity contribution in [3.05, 3.63) is 65.7 Å². The van der Waals surface area contributed by atoms with Crippen LogP contribution in [0.4, 0.5) is 5.69 Å². The zero-order valence-electron chi connectivity index (χ0n) is 12.1. The average Bonchev–Trinajstić information content (AvgIpc) is 3.10. The number of carbonyl (C=O) groups excluding carboxylic acids is 2. The highest BCUT2D eigenvalue weighted by Crippen LogP contribution is 2.17. The molecule has 22 heavy (non-hydrogen) atoms. The van der Waals surface area contributed by atoms with E-state index in [0.717, 1.165) is 12.8 Å². The lowest BCUT2D eigenvalue weighted by Gasteiger charge is -2.10. The summed E-state index contributed by atoms with van der Waals surface area (Å²) < 4.78 is 5.34. The Morgan fingerprint density at radius 3 is 2.27 bits per heavy atom. The van der Waals surface area contributed by atoms with Crippen LogP contribution in [0, 0.1) is 0 Å². The topological polar surface area (TPSA) is 55.4 Å². The van der Waals surface area contributed by atoms with Crippen LogP contribution in [0.2, 0.25) is 0 Å². The Kier molecular flexibility index (Phi) is 4.30. The quantitative estimate of drug-likeness (QED) is 0.882. The summed E-state index contributed by atoms with van der Waals surface area (Å²) in [6.07, 6.45) is 1.32. The van der Waals surface area contributed by atoms with Crippen LogP contribution in [-0.2, 0) is 9.53 Å². The predicted molar refractivity (Wildman–Crippen MR) is 83.9 cm³/mol. The molecule has 3 rings (SSSR count). The van der Waals surface area contributed by atoms with Crippen molar-refractivity contribution in [2.45, 2.75) is 18.9 Å². The van der Waals surface area contributed by atoms with Gasteiger partial charge in [0.2, 0.25) is 0 Å². The summed E-state index contributed by atoms with van der Waals surface area (Å²) in [5, 5.41) is 2.81. The normalized spacial score (nSPS) is 17.2. The maximum Gasteiger partial charge on any atom is 0.253 e. The monoisotopic (exact) mass is 295 g/mol. The van der Waals surface area contributed by atoms with Gasteiger partial charge in [-0.2, -0.15) is 0 Å². The molecule has 0 aliphatic carbocycles.